The van der Waals surface area contributed by atoms with E-state index in [1.165, 1.54) is 12.4 Å². The number of aromatic nitrogens is 2. The Balaban J connectivity index is 1.99. The van der Waals surface area contributed by atoms with Crippen LogP contribution in [0, 0.1) is 5.82 Å². The smallest absolute Gasteiger partial charge is 0.133 e. The molecule has 4 nitrogen and oxygen atoms in total. The van der Waals surface area contributed by atoms with E-state index in [0.717, 1.165) is 25.2 Å². The second-order valence-corrected chi connectivity index (χ2v) is 4.98. The molecule has 21 heavy (non-hydrogen) atoms. The summed E-state index contributed by atoms with van der Waals surface area (Å²) in [4.78, 5) is 10.5. The summed E-state index contributed by atoms with van der Waals surface area (Å²) in [6, 6.07) is 8.61. The molecule has 1 aromatic carbocycles. The molecule has 0 spiro atoms. The third-order valence-electron chi connectivity index (χ3n) is 3.31. The van der Waals surface area contributed by atoms with Crippen LogP contribution >= 0.6 is 0 Å². The fourth-order valence-electron chi connectivity index (χ4n) is 1.99. The van der Waals surface area contributed by atoms with Crippen molar-refractivity contribution < 1.29 is 4.39 Å². The number of nitrogens with one attached hydrogen (secondary N) is 1. The largest absolute Gasteiger partial charge is 0.366 e. The molecule has 0 atom stereocenters. The molecule has 0 amide bonds. The first-order valence-electron chi connectivity index (χ1n) is 7.21. The Bertz CT molecular complexity index is 574. The van der Waals surface area contributed by atoms with Crippen LogP contribution in [0.15, 0.2) is 36.7 Å². The minimum Gasteiger partial charge on any atom is -0.366 e. The van der Waals surface area contributed by atoms with Crippen molar-refractivity contribution in [1.82, 2.24) is 9.97 Å². The van der Waals surface area contributed by atoms with Crippen LogP contribution in [0.5, 0.6) is 0 Å². The average Bonchev–Trinajstić information content (AvgIpc) is 2.52. The summed E-state index contributed by atoms with van der Waals surface area (Å²) in [6.45, 7) is 3.53. The zero-order valence-corrected chi connectivity index (χ0v) is 12.5. The summed E-state index contributed by atoms with van der Waals surface area (Å²) >= 11 is 0. The van der Waals surface area contributed by atoms with Gasteiger partial charge >= 0.3 is 0 Å². The summed E-state index contributed by atoms with van der Waals surface area (Å²) in [6.07, 6.45) is 3.80. The molecule has 0 aliphatic heterocycles. The number of unbranched alkanes of at least 4 members (excludes halogenated alkanes) is 1. The third-order valence-corrected chi connectivity index (χ3v) is 3.31. The van der Waals surface area contributed by atoms with Crippen molar-refractivity contribution in [1.29, 1.82) is 0 Å². The van der Waals surface area contributed by atoms with Gasteiger partial charge in [0.25, 0.3) is 0 Å². The van der Waals surface area contributed by atoms with E-state index >= 15 is 0 Å². The van der Waals surface area contributed by atoms with E-state index in [1.807, 2.05) is 19.2 Å². The minimum atomic E-state index is -0.209. The van der Waals surface area contributed by atoms with E-state index < -0.39 is 0 Å². The SMILES string of the molecule is CCCCN(C)c1cc(NCc2ccccc2F)ncn1. The lowest BCUT2D eigenvalue weighted by molar-refractivity contribution is 0.613. The molecule has 1 heterocycles. The molecule has 0 unspecified atom stereocenters. The number of nitrogens with zero attached hydrogens (tertiary/aromatic N) is 3. The summed E-state index contributed by atoms with van der Waals surface area (Å²) < 4.78 is 13.6. The number of anilines is 2. The van der Waals surface area contributed by atoms with Gasteiger partial charge in [-0.1, -0.05) is 31.5 Å². The maximum atomic E-state index is 13.6. The van der Waals surface area contributed by atoms with Gasteiger partial charge in [-0.3, -0.25) is 0 Å². The van der Waals surface area contributed by atoms with Gasteiger partial charge in [0.2, 0.25) is 0 Å². The van der Waals surface area contributed by atoms with E-state index in [4.69, 9.17) is 0 Å². The van der Waals surface area contributed by atoms with Gasteiger partial charge in [0.15, 0.2) is 0 Å². The van der Waals surface area contributed by atoms with Crippen molar-refractivity contribution in [3.8, 4) is 0 Å². The van der Waals surface area contributed by atoms with Crippen LogP contribution in [0.25, 0.3) is 0 Å². The molecule has 5 heteroatoms. The topological polar surface area (TPSA) is 41.0 Å². The lowest BCUT2D eigenvalue weighted by Crippen LogP contribution is -2.19. The van der Waals surface area contributed by atoms with E-state index in [1.54, 1.807) is 12.1 Å². The van der Waals surface area contributed by atoms with Crippen molar-refractivity contribution in [2.24, 2.45) is 0 Å². The van der Waals surface area contributed by atoms with E-state index in [9.17, 15) is 4.39 Å². The maximum Gasteiger partial charge on any atom is 0.133 e. The third kappa shape index (κ3) is 4.41. The predicted octanol–water partition coefficient (Wildman–Crippen LogP) is 3.46. The highest BCUT2D eigenvalue weighted by molar-refractivity contribution is 5.48. The molecule has 2 aromatic rings. The van der Waals surface area contributed by atoms with Gasteiger partial charge in [-0.05, 0) is 12.5 Å². The van der Waals surface area contributed by atoms with E-state index in [2.05, 4.69) is 27.1 Å². The van der Waals surface area contributed by atoms with Crippen molar-refractivity contribution >= 4 is 11.6 Å². The normalized spacial score (nSPS) is 10.4. The Kier molecular flexibility index (Phi) is 5.49. The fourth-order valence-corrected chi connectivity index (χ4v) is 1.99. The van der Waals surface area contributed by atoms with Gasteiger partial charge in [0.1, 0.15) is 23.8 Å². The number of benzene rings is 1. The zero-order valence-electron chi connectivity index (χ0n) is 12.5. The Morgan fingerprint density at radius 1 is 1.24 bits per heavy atom. The van der Waals surface area contributed by atoms with Crippen molar-refractivity contribution in [3.05, 3.63) is 48.0 Å². The van der Waals surface area contributed by atoms with E-state index in [-0.39, 0.29) is 5.82 Å². The van der Waals surface area contributed by atoms with Crippen LogP contribution in [-0.4, -0.2) is 23.6 Å². The average molecular weight is 288 g/mol. The Morgan fingerprint density at radius 2 is 2.05 bits per heavy atom. The quantitative estimate of drug-likeness (QED) is 0.847. The Hall–Kier alpha value is -2.17. The van der Waals surface area contributed by atoms with Crippen LogP contribution in [0.4, 0.5) is 16.0 Å². The summed E-state index contributed by atoms with van der Waals surface area (Å²) in [5.41, 5.74) is 0.622. The lowest BCUT2D eigenvalue weighted by atomic mass is 10.2. The summed E-state index contributed by atoms with van der Waals surface area (Å²) in [7, 11) is 2.01. The summed E-state index contributed by atoms with van der Waals surface area (Å²) in [5.74, 6) is 1.36. The first kappa shape index (κ1) is 15.2. The molecule has 0 fully saturated rings. The van der Waals surface area contributed by atoms with Crippen molar-refractivity contribution in [2.75, 3.05) is 23.8 Å². The Labute approximate surface area is 125 Å². The van der Waals surface area contributed by atoms with Gasteiger partial charge in [0.05, 0.1) is 0 Å². The second kappa shape index (κ2) is 7.57. The monoisotopic (exact) mass is 288 g/mol. The molecule has 0 saturated heterocycles. The molecule has 112 valence electrons. The maximum absolute atomic E-state index is 13.6. The molecule has 0 saturated carbocycles. The number of hydrogen-bond donors (Lipinski definition) is 1. The Morgan fingerprint density at radius 3 is 2.81 bits per heavy atom. The minimum absolute atomic E-state index is 0.209. The van der Waals surface area contributed by atoms with Crippen molar-refractivity contribution in [2.45, 2.75) is 26.3 Å². The zero-order chi connectivity index (χ0) is 15.1. The standard InChI is InChI=1S/C16H21FN4/c1-3-4-9-21(2)16-10-15(19-12-20-16)18-11-13-7-5-6-8-14(13)17/h5-8,10,12H,3-4,9,11H2,1-2H3,(H,18,19,20). The van der Waals surface area contributed by atoms with Crippen LogP contribution in [0.1, 0.15) is 25.3 Å². The van der Waals surface area contributed by atoms with E-state index in [0.29, 0.717) is 17.9 Å². The first-order valence-corrected chi connectivity index (χ1v) is 7.21. The fraction of sp³-hybridized carbons (Fsp3) is 0.375. The molecular weight excluding hydrogens is 267 g/mol. The molecule has 0 bridgehead atoms. The molecule has 0 aliphatic rings. The molecule has 0 aliphatic carbocycles. The predicted molar refractivity (Wildman–Crippen MR) is 83.9 cm³/mol. The number of halogens is 1. The highest BCUT2D eigenvalue weighted by atomic mass is 19.1. The summed E-state index contributed by atoms with van der Waals surface area (Å²) in [5, 5.41) is 3.14. The van der Waals surface area contributed by atoms with Gasteiger partial charge in [-0.15, -0.1) is 0 Å². The van der Waals surface area contributed by atoms with Gasteiger partial charge < -0.3 is 10.2 Å². The van der Waals surface area contributed by atoms with Gasteiger partial charge in [0, 0.05) is 31.8 Å². The molecule has 0 radical (unpaired) electrons. The van der Waals surface area contributed by atoms with Crippen LogP contribution in [-0.2, 0) is 6.54 Å². The highest BCUT2D eigenvalue weighted by Gasteiger charge is 2.05. The van der Waals surface area contributed by atoms with Gasteiger partial charge in [-0.25, -0.2) is 14.4 Å². The highest BCUT2D eigenvalue weighted by Crippen LogP contribution is 2.15. The molecule has 2 rings (SSSR count). The lowest BCUT2D eigenvalue weighted by Gasteiger charge is -2.18. The molecule has 1 N–H and O–H groups in total. The first-order chi connectivity index (χ1) is 10.2. The van der Waals surface area contributed by atoms with Crippen LogP contribution in [0.2, 0.25) is 0 Å². The molecular formula is C16H21FN4. The van der Waals surface area contributed by atoms with Crippen LogP contribution < -0.4 is 10.2 Å². The second-order valence-electron chi connectivity index (χ2n) is 4.98. The van der Waals surface area contributed by atoms with Crippen LogP contribution in [0.3, 0.4) is 0 Å². The van der Waals surface area contributed by atoms with Gasteiger partial charge in [-0.2, -0.15) is 0 Å². The molecule has 1 aromatic heterocycles. The van der Waals surface area contributed by atoms with Crippen molar-refractivity contribution in [3.63, 3.8) is 0 Å². The number of rotatable bonds is 7. The number of hydrogen-bond acceptors (Lipinski definition) is 4.